The minimum Gasteiger partial charge on any atom is -0.497 e. The highest BCUT2D eigenvalue weighted by atomic mass is 32.1. The van der Waals surface area contributed by atoms with Gasteiger partial charge in [-0.25, -0.2) is 0 Å². The van der Waals surface area contributed by atoms with Gasteiger partial charge in [0.25, 0.3) is 0 Å². The van der Waals surface area contributed by atoms with Crippen LogP contribution in [0.2, 0.25) is 0 Å². The van der Waals surface area contributed by atoms with Crippen LogP contribution in [0.15, 0.2) is 66.3 Å². The van der Waals surface area contributed by atoms with Crippen molar-refractivity contribution in [3.63, 3.8) is 0 Å². The lowest BCUT2D eigenvalue weighted by Gasteiger charge is -2.32. The molecule has 2 amide bonds. The van der Waals surface area contributed by atoms with Gasteiger partial charge >= 0.3 is 0 Å². The third-order valence-corrected chi connectivity index (χ3v) is 6.63. The molecule has 0 saturated heterocycles. The summed E-state index contributed by atoms with van der Waals surface area (Å²) in [5.74, 6) is 0.384. The predicted octanol–water partition coefficient (Wildman–Crippen LogP) is 4.53. The summed E-state index contributed by atoms with van der Waals surface area (Å²) in [6.07, 6.45) is 7.71. The van der Waals surface area contributed by atoms with Gasteiger partial charge in [-0.15, -0.1) is 11.3 Å². The number of carbonyl (C=O) groups excluding carboxylic acids is 2. The molecular weight excluding hydrogens is 422 g/mol. The Morgan fingerprint density at radius 1 is 1.12 bits per heavy atom. The van der Waals surface area contributed by atoms with Crippen molar-refractivity contribution in [1.29, 1.82) is 0 Å². The Balaban J connectivity index is 1.73. The molecule has 3 aromatic rings. The van der Waals surface area contributed by atoms with E-state index in [2.05, 4.69) is 10.3 Å². The molecule has 7 heteroatoms. The average molecular weight is 450 g/mol. The minimum atomic E-state index is -0.792. The lowest BCUT2D eigenvalue weighted by Crippen LogP contribution is -2.46. The van der Waals surface area contributed by atoms with Crippen molar-refractivity contribution in [2.24, 2.45) is 0 Å². The fourth-order valence-corrected chi connectivity index (χ4v) is 4.84. The molecule has 6 nitrogen and oxygen atoms in total. The lowest BCUT2D eigenvalue weighted by atomic mass is 10.0. The average Bonchev–Trinajstić information content (AvgIpc) is 3.52. The van der Waals surface area contributed by atoms with Gasteiger partial charge in [-0.3, -0.25) is 19.5 Å². The second kappa shape index (κ2) is 10.4. The molecule has 1 aliphatic carbocycles. The van der Waals surface area contributed by atoms with Gasteiger partial charge in [0.15, 0.2) is 0 Å². The topological polar surface area (TPSA) is 71.5 Å². The van der Waals surface area contributed by atoms with Crippen molar-refractivity contribution in [2.45, 2.75) is 44.2 Å². The van der Waals surface area contributed by atoms with Crippen LogP contribution >= 0.6 is 11.3 Å². The molecule has 0 aliphatic heterocycles. The molecule has 1 unspecified atom stereocenters. The monoisotopic (exact) mass is 449 g/mol. The molecule has 2 heterocycles. The van der Waals surface area contributed by atoms with Crippen LogP contribution in [-0.4, -0.2) is 29.9 Å². The van der Waals surface area contributed by atoms with Crippen LogP contribution in [-0.2, 0) is 16.0 Å². The van der Waals surface area contributed by atoms with E-state index in [1.165, 1.54) is 11.3 Å². The highest BCUT2D eigenvalue weighted by Gasteiger charge is 2.34. The van der Waals surface area contributed by atoms with Crippen LogP contribution in [0.25, 0.3) is 0 Å². The molecule has 1 N–H and O–H groups in total. The van der Waals surface area contributed by atoms with Gasteiger partial charge in [0.2, 0.25) is 11.8 Å². The third kappa shape index (κ3) is 5.16. The molecule has 2 aromatic heterocycles. The van der Waals surface area contributed by atoms with Gasteiger partial charge in [0.05, 0.1) is 13.5 Å². The Kier molecular flexibility index (Phi) is 7.17. The van der Waals surface area contributed by atoms with E-state index in [-0.39, 0.29) is 24.3 Å². The number of thiophene rings is 1. The van der Waals surface area contributed by atoms with E-state index in [4.69, 9.17) is 4.74 Å². The number of benzene rings is 1. The number of rotatable bonds is 8. The van der Waals surface area contributed by atoms with Gasteiger partial charge in [0.1, 0.15) is 11.8 Å². The molecular formula is C25H27N3O3S. The molecule has 1 aliphatic rings. The van der Waals surface area contributed by atoms with Crippen molar-refractivity contribution < 1.29 is 14.3 Å². The van der Waals surface area contributed by atoms with Crippen LogP contribution in [0.3, 0.4) is 0 Å². The minimum absolute atomic E-state index is 0.138. The van der Waals surface area contributed by atoms with Crippen molar-refractivity contribution in [3.05, 3.63) is 76.7 Å². The molecule has 1 fully saturated rings. The normalized spacial score (nSPS) is 14.7. The SMILES string of the molecule is COc1ccc(N(C(=O)Cc2cccs2)C(C(=O)NC2CCCC2)c2ccncc2)cc1. The van der Waals surface area contributed by atoms with E-state index in [0.717, 1.165) is 36.1 Å². The third-order valence-electron chi connectivity index (χ3n) is 5.75. The predicted molar refractivity (Wildman–Crippen MR) is 126 cm³/mol. The summed E-state index contributed by atoms with van der Waals surface area (Å²) >= 11 is 1.53. The Hall–Kier alpha value is -3.19. The number of anilines is 1. The first kappa shape index (κ1) is 22.0. The van der Waals surface area contributed by atoms with Crippen molar-refractivity contribution in [2.75, 3.05) is 12.0 Å². The first-order valence-corrected chi connectivity index (χ1v) is 11.7. The van der Waals surface area contributed by atoms with Crippen LogP contribution in [0.5, 0.6) is 5.75 Å². The van der Waals surface area contributed by atoms with E-state index in [9.17, 15) is 9.59 Å². The largest absolute Gasteiger partial charge is 0.497 e. The molecule has 166 valence electrons. The molecule has 4 rings (SSSR count). The number of hydrogen-bond acceptors (Lipinski definition) is 5. The van der Waals surface area contributed by atoms with E-state index in [1.54, 1.807) is 48.7 Å². The maximum absolute atomic E-state index is 13.6. The summed E-state index contributed by atoms with van der Waals surface area (Å²) in [4.78, 5) is 33.9. The van der Waals surface area contributed by atoms with E-state index in [1.807, 2.05) is 29.6 Å². The van der Waals surface area contributed by atoms with E-state index in [0.29, 0.717) is 11.4 Å². The van der Waals surface area contributed by atoms with Gasteiger partial charge < -0.3 is 10.1 Å². The molecule has 0 spiro atoms. The molecule has 1 atom stereocenters. The summed E-state index contributed by atoms with van der Waals surface area (Å²) < 4.78 is 5.29. The standard InChI is InChI=1S/C25H27N3O3S/c1-31-21-10-8-20(9-11-21)28(23(29)17-22-7-4-16-32-22)24(18-12-14-26-15-13-18)25(30)27-19-5-2-3-6-19/h4,7-16,19,24H,2-3,5-6,17H2,1H3,(H,27,30). The Labute approximate surface area is 192 Å². The summed E-state index contributed by atoms with van der Waals surface area (Å²) in [5.41, 5.74) is 1.38. The fraction of sp³-hybridized carbons (Fsp3) is 0.320. The molecule has 0 radical (unpaired) electrons. The lowest BCUT2D eigenvalue weighted by molar-refractivity contribution is -0.127. The summed E-state index contributed by atoms with van der Waals surface area (Å²) in [7, 11) is 1.60. The van der Waals surface area contributed by atoms with E-state index < -0.39 is 6.04 Å². The number of pyridine rings is 1. The van der Waals surface area contributed by atoms with Crippen molar-refractivity contribution >= 4 is 28.8 Å². The van der Waals surface area contributed by atoms with Gasteiger partial charge in [0, 0.05) is 29.0 Å². The maximum atomic E-state index is 13.6. The van der Waals surface area contributed by atoms with Crippen LogP contribution in [0.1, 0.15) is 42.2 Å². The number of hydrogen-bond donors (Lipinski definition) is 1. The highest BCUT2D eigenvalue weighted by Crippen LogP contribution is 2.31. The summed E-state index contributed by atoms with van der Waals surface area (Å²) in [6, 6.07) is 14.1. The van der Waals surface area contributed by atoms with Crippen molar-refractivity contribution in [3.8, 4) is 5.75 Å². The van der Waals surface area contributed by atoms with Crippen LogP contribution in [0.4, 0.5) is 5.69 Å². The number of nitrogens with one attached hydrogen (secondary N) is 1. The number of nitrogens with zero attached hydrogens (tertiary/aromatic N) is 2. The highest BCUT2D eigenvalue weighted by molar-refractivity contribution is 7.10. The first-order valence-electron chi connectivity index (χ1n) is 10.8. The first-order chi connectivity index (χ1) is 15.7. The zero-order chi connectivity index (χ0) is 22.3. The zero-order valence-corrected chi connectivity index (χ0v) is 18.9. The van der Waals surface area contributed by atoms with Gasteiger partial charge in [-0.05, 0) is 66.2 Å². The number of amides is 2. The molecule has 1 saturated carbocycles. The second-order valence-electron chi connectivity index (χ2n) is 7.89. The maximum Gasteiger partial charge on any atom is 0.248 e. The Morgan fingerprint density at radius 3 is 2.47 bits per heavy atom. The number of ether oxygens (including phenoxy) is 1. The molecule has 1 aromatic carbocycles. The van der Waals surface area contributed by atoms with Crippen LogP contribution < -0.4 is 15.0 Å². The number of methoxy groups -OCH3 is 1. The van der Waals surface area contributed by atoms with E-state index >= 15 is 0 Å². The van der Waals surface area contributed by atoms with Gasteiger partial charge in [-0.1, -0.05) is 18.9 Å². The van der Waals surface area contributed by atoms with Crippen LogP contribution in [0, 0.1) is 0 Å². The number of aromatic nitrogens is 1. The van der Waals surface area contributed by atoms with Crippen molar-refractivity contribution in [1.82, 2.24) is 10.3 Å². The zero-order valence-electron chi connectivity index (χ0n) is 18.1. The van der Waals surface area contributed by atoms with Gasteiger partial charge in [-0.2, -0.15) is 0 Å². The summed E-state index contributed by atoms with van der Waals surface area (Å²) in [6.45, 7) is 0. The number of carbonyl (C=O) groups is 2. The second-order valence-corrected chi connectivity index (χ2v) is 8.92. The fourth-order valence-electron chi connectivity index (χ4n) is 4.14. The Bertz CT molecular complexity index is 1020. The molecule has 0 bridgehead atoms. The quantitative estimate of drug-likeness (QED) is 0.549. The smallest absolute Gasteiger partial charge is 0.248 e. The Morgan fingerprint density at radius 2 is 1.84 bits per heavy atom. The molecule has 32 heavy (non-hydrogen) atoms. The summed E-state index contributed by atoms with van der Waals surface area (Å²) in [5, 5.41) is 5.14.